The molecule has 2 aliphatic heterocycles. The van der Waals surface area contributed by atoms with Crippen molar-refractivity contribution in [1.29, 1.82) is 0 Å². The molecule has 0 spiro atoms. The van der Waals surface area contributed by atoms with Gasteiger partial charge in [0.15, 0.2) is 0 Å². The molecule has 1 unspecified atom stereocenters. The predicted molar refractivity (Wildman–Crippen MR) is 94.1 cm³/mol. The van der Waals surface area contributed by atoms with Gasteiger partial charge in [-0.2, -0.15) is 0 Å². The molecule has 25 heavy (non-hydrogen) atoms. The fraction of sp³-hybridized carbons (Fsp3) is 0.389. The highest BCUT2D eigenvalue weighted by Gasteiger charge is 2.31. The molecule has 0 saturated carbocycles. The van der Waals surface area contributed by atoms with Crippen LogP contribution in [0.2, 0.25) is 0 Å². The van der Waals surface area contributed by atoms with Gasteiger partial charge in [0.05, 0.1) is 11.0 Å². The second-order valence-corrected chi connectivity index (χ2v) is 6.57. The zero-order valence-corrected chi connectivity index (χ0v) is 14.0. The minimum Gasteiger partial charge on any atom is -0.313 e. The Balaban J connectivity index is 1.82. The molecular weight excluding hydrogens is 320 g/mol. The summed E-state index contributed by atoms with van der Waals surface area (Å²) in [6.45, 7) is 1.80. The molecular formula is C18H20N4O3. The summed E-state index contributed by atoms with van der Waals surface area (Å²) in [6, 6.07) is 5.27. The number of aromatic nitrogens is 2. The number of amides is 2. The Kier molecular flexibility index (Phi) is 3.80. The number of imide groups is 1. The molecule has 1 saturated heterocycles. The van der Waals surface area contributed by atoms with Crippen molar-refractivity contribution >= 4 is 28.4 Å². The third kappa shape index (κ3) is 2.60. The van der Waals surface area contributed by atoms with E-state index < -0.39 is 11.9 Å². The lowest BCUT2D eigenvalue weighted by Gasteiger charge is -2.22. The molecule has 2 aliphatic rings. The van der Waals surface area contributed by atoms with E-state index in [1.165, 1.54) is 10.1 Å². The molecule has 1 fully saturated rings. The average molecular weight is 340 g/mol. The summed E-state index contributed by atoms with van der Waals surface area (Å²) in [5, 5.41) is 5.62. The van der Waals surface area contributed by atoms with Crippen LogP contribution in [-0.4, -0.2) is 34.0 Å². The van der Waals surface area contributed by atoms with Crippen LogP contribution >= 0.6 is 0 Å². The molecule has 2 amide bonds. The van der Waals surface area contributed by atoms with Gasteiger partial charge in [-0.25, -0.2) is 4.79 Å². The zero-order chi connectivity index (χ0) is 17.6. The van der Waals surface area contributed by atoms with Crippen LogP contribution in [0.1, 0.15) is 30.9 Å². The van der Waals surface area contributed by atoms with E-state index in [0.717, 1.165) is 36.1 Å². The molecule has 2 aromatic rings. The molecule has 0 bridgehead atoms. The molecule has 2 N–H and O–H groups in total. The Morgan fingerprint density at radius 1 is 1.12 bits per heavy atom. The van der Waals surface area contributed by atoms with Gasteiger partial charge in [0, 0.05) is 20.0 Å². The topological polar surface area (TPSA) is 85.1 Å². The van der Waals surface area contributed by atoms with Crippen LogP contribution in [0.15, 0.2) is 29.1 Å². The summed E-state index contributed by atoms with van der Waals surface area (Å²) in [7, 11) is 1.72. The van der Waals surface area contributed by atoms with Crippen molar-refractivity contribution in [3.63, 3.8) is 0 Å². The monoisotopic (exact) mass is 340 g/mol. The Hall–Kier alpha value is -2.67. The maximum atomic E-state index is 12.7. The highest BCUT2D eigenvalue weighted by Crippen LogP contribution is 2.27. The lowest BCUT2D eigenvalue weighted by molar-refractivity contribution is -0.135. The van der Waals surface area contributed by atoms with Crippen LogP contribution < -0.4 is 16.3 Å². The Bertz CT molecular complexity index is 967. The number of fused-ring (bicyclic) bond motifs is 1. The number of imidazole rings is 1. The first kappa shape index (κ1) is 15.8. The van der Waals surface area contributed by atoms with Crippen molar-refractivity contribution in [2.75, 3.05) is 13.1 Å². The summed E-state index contributed by atoms with van der Waals surface area (Å²) < 4.78 is 3.09. The molecule has 4 rings (SSSR count). The minimum absolute atomic E-state index is 0.235. The zero-order valence-electron chi connectivity index (χ0n) is 14.0. The van der Waals surface area contributed by atoms with Crippen LogP contribution in [0, 0.1) is 0 Å². The number of piperidine rings is 1. The second kappa shape index (κ2) is 6.00. The predicted octanol–water partition coefficient (Wildman–Crippen LogP) is 0.694. The Labute approximate surface area is 144 Å². The van der Waals surface area contributed by atoms with E-state index in [2.05, 4.69) is 16.7 Å². The fourth-order valence-electron chi connectivity index (χ4n) is 3.68. The van der Waals surface area contributed by atoms with Gasteiger partial charge in [0.1, 0.15) is 6.04 Å². The van der Waals surface area contributed by atoms with E-state index >= 15 is 0 Å². The first-order valence-electron chi connectivity index (χ1n) is 8.51. The minimum atomic E-state index is -0.641. The Morgan fingerprint density at radius 3 is 2.68 bits per heavy atom. The standard InChI is InChI=1S/C18H20N4O3/c1-21-15-10-12(11-6-8-19-9-7-11)2-3-13(15)22(18(21)25)14-4-5-16(23)20-17(14)24/h2-3,6,10,14,19H,4-5,7-9H2,1H3,(H,20,23,24). The van der Waals surface area contributed by atoms with Gasteiger partial charge < -0.3 is 5.32 Å². The van der Waals surface area contributed by atoms with Gasteiger partial charge >= 0.3 is 5.69 Å². The summed E-state index contributed by atoms with van der Waals surface area (Å²) in [5.41, 5.74) is 3.65. The van der Waals surface area contributed by atoms with E-state index in [1.54, 1.807) is 11.6 Å². The van der Waals surface area contributed by atoms with E-state index in [-0.39, 0.29) is 18.0 Å². The highest BCUT2D eigenvalue weighted by atomic mass is 16.2. The lowest BCUT2D eigenvalue weighted by Crippen LogP contribution is -2.44. The number of hydrogen-bond donors (Lipinski definition) is 2. The first-order valence-corrected chi connectivity index (χ1v) is 8.51. The second-order valence-electron chi connectivity index (χ2n) is 6.57. The number of benzene rings is 1. The van der Waals surface area contributed by atoms with Gasteiger partial charge in [-0.3, -0.25) is 24.0 Å². The van der Waals surface area contributed by atoms with Crippen LogP contribution in [-0.2, 0) is 16.6 Å². The van der Waals surface area contributed by atoms with Crippen LogP contribution in [0.5, 0.6) is 0 Å². The summed E-state index contributed by atoms with van der Waals surface area (Å²) in [4.78, 5) is 36.3. The molecule has 3 heterocycles. The summed E-state index contributed by atoms with van der Waals surface area (Å²) in [5.74, 6) is -0.689. The SMILES string of the molecule is Cn1c(=O)n(C2CCC(=O)NC2=O)c2ccc(C3=CCNCC3)cc21. The molecule has 1 aromatic carbocycles. The van der Waals surface area contributed by atoms with Crippen molar-refractivity contribution in [3.05, 3.63) is 40.3 Å². The highest BCUT2D eigenvalue weighted by molar-refractivity contribution is 6.00. The number of rotatable bonds is 2. The molecule has 1 aromatic heterocycles. The third-order valence-electron chi connectivity index (χ3n) is 5.05. The van der Waals surface area contributed by atoms with E-state index in [1.807, 2.05) is 18.2 Å². The number of aryl methyl sites for hydroxylation is 1. The number of nitrogens with one attached hydrogen (secondary N) is 2. The van der Waals surface area contributed by atoms with Crippen LogP contribution in [0.25, 0.3) is 16.6 Å². The van der Waals surface area contributed by atoms with Crippen LogP contribution in [0.4, 0.5) is 0 Å². The van der Waals surface area contributed by atoms with Gasteiger partial charge in [-0.15, -0.1) is 0 Å². The maximum absolute atomic E-state index is 12.7. The van der Waals surface area contributed by atoms with Crippen molar-refractivity contribution in [2.45, 2.75) is 25.3 Å². The van der Waals surface area contributed by atoms with E-state index in [4.69, 9.17) is 0 Å². The summed E-state index contributed by atoms with van der Waals surface area (Å²) in [6.07, 6.45) is 3.72. The van der Waals surface area contributed by atoms with Gasteiger partial charge in [-0.1, -0.05) is 12.1 Å². The van der Waals surface area contributed by atoms with Crippen LogP contribution in [0.3, 0.4) is 0 Å². The molecule has 0 radical (unpaired) electrons. The fourth-order valence-corrected chi connectivity index (χ4v) is 3.68. The van der Waals surface area contributed by atoms with Gasteiger partial charge in [0.25, 0.3) is 0 Å². The molecule has 7 nitrogen and oxygen atoms in total. The number of carbonyl (C=O) groups is 2. The van der Waals surface area contributed by atoms with Crippen molar-refractivity contribution < 1.29 is 9.59 Å². The first-order chi connectivity index (χ1) is 12.1. The van der Waals surface area contributed by atoms with Crippen molar-refractivity contribution in [1.82, 2.24) is 19.8 Å². The number of hydrogen-bond acceptors (Lipinski definition) is 4. The quantitative estimate of drug-likeness (QED) is 0.788. The van der Waals surface area contributed by atoms with Gasteiger partial charge in [-0.05, 0) is 42.7 Å². The third-order valence-corrected chi connectivity index (χ3v) is 5.05. The number of carbonyl (C=O) groups excluding carboxylic acids is 2. The molecule has 1 atom stereocenters. The van der Waals surface area contributed by atoms with Gasteiger partial charge in [0.2, 0.25) is 11.8 Å². The largest absolute Gasteiger partial charge is 0.329 e. The van der Waals surface area contributed by atoms with E-state index in [0.29, 0.717) is 6.42 Å². The lowest BCUT2D eigenvalue weighted by atomic mass is 9.99. The normalized spacial score (nSPS) is 21.3. The smallest absolute Gasteiger partial charge is 0.313 e. The Morgan fingerprint density at radius 2 is 1.96 bits per heavy atom. The van der Waals surface area contributed by atoms with Crippen molar-refractivity contribution in [2.24, 2.45) is 7.05 Å². The molecule has 7 heteroatoms. The summed E-state index contributed by atoms with van der Waals surface area (Å²) >= 11 is 0. The maximum Gasteiger partial charge on any atom is 0.329 e. The van der Waals surface area contributed by atoms with Crippen molar-refractivity contribution in [3.8, 4) is 0 Å². The average Bonchev–Trinajstić information content (AvgIpc) is 2.87. The number of nitrogens with zero attached hydrogens (tertiary/aromatic N) is 2. The van der Waals surface area contributed by atoms with E-state index in [9.17, 15) is 14.4 Å². The molecule has 130 valence electrons. The molecule has 0 aliphatic carbocycles.